The van der Waals surface area contributed by atoms with Crippen LogP contribution in [-0.4, -0.2) is 28.9 Å². The quantitative estimate of drug-likeness (QED) is 0.798. The molecule has 1 aromatic carbocycles. The largest absolute Gasteiger partial charge is 0.507 e. The van der Waals surface area contributed by atoms with Crippen molar-refractivity contribution < 1.29 is 24.5 Å². The first-order chi connectivity index (χ1) is 11.5. The van der Waals surface area contributed by atoms with Crippen LogP contribution in [0.1, 0.15) is 74.9 Å². The van der Waals surface area contributed by atoms with E-state index in [0.717, 1.165) is 0 Å². The maximum Gasteiger partial charge on any atom is 0.171 e. The van der Waals surface area contributed by atoms with E-state index in [1.807, 2.05) is 20.8 Å². The van der Waals surface area contributed by atoms with E-state index in [1.165, 1.54) is 7.11 Å². The molecule has 136 valence electrons. The Bertz CT molecular complexity index is 790. The number of ketones is 2. The average Bonchev–Trinajstić information content (AvgIpc) is 2.76. The Hall–Kier alpha value is -2.04. The number of Topliss-reactive ketones (excluding diaryl/α,β-unsaturated/α-hetero) is 2. The van der Waals surface area contributed by atoms with Gasteiger partial charge in [0, 0.05) is 34.3 Å². The number of phenolic OH excluding ortho intramolecular Hbond substituents is 2. The molecule has 0 aromatic heterocycles. The van der Waals surface area contributed by atoms with Crippen LogP contribution in [0.5, 0.6) is 17.2 Å². The lowest BCUT2D eigenvalue weighted by Crippen LogP contribution is -2.49. The van der Waals surface area contributed by atoms with Crippen molar-refractivity contribution >= 4 is 11.6 Å². The Labute approximate surface area is 148 Å². The standard InChI is InChI=1S/C20H26O5/c1-9(2)11-14(22)12-13(16(24)17(11)25-6)20(5)8-7-10(21)19(3,4)18(20)15(12)23/h9,18,22,24H,7-8H2,1-6H3/t18-,20-/m1/s1. The smallest absolute Gasteiger partial charge is 0.171 e. The van der Waals surface area contributed by atoms with Crippen molar-refractivity contribution in [2.45, 2.75) is 58.8 Å². The topological polar surface area (TPSA) is 83.8 Å². The summed E-state index contributed by atoms with van der Waals surface area (Å²) in [7, 11) is 1.44. The van der Waals surface area contributed by atoms with Gasteiger partial charge in [-0.05, 0) is 12.3 Å². The summed E-state index contributed by atoms with van der Waals surface area (Å²) in [6.45, 7) is 9.21. The van der Waals surface area contributed by atoms with Crippen LogP contribution in [0.2, 0.25) is 0 Å². The summed E-state index contributed by atoms with van der Waals surface area (Å²) < 4.78 is 5.39. The molecule has 0 radical (unpaired) electrons. The van der Waals surface area contributed by atoms with Crippen molar-refractivity contribution in [3.8, 4) is 17.2 Å². The predicted molar refractivity (Wildman–Crippen MR) is 93.6 cm³/mol. The summed E-state index contributed by atoms with van der Waals surface area (Å²) in [5, 5.41) is 21.8. The van der Waals surface area contributed by atoms with Crippen LogP contribution in [0.25, 0.3) is 0 Å². The number of hydrogen-bond acceptors (Lipinski definition) is 5. The summed E-state index contributed by atoms with van der Waals surface area (Å²) in [6.07, 6.45) is 0.816. The fraction of sp³-hybridized carbons (Fsp3) is 0.600. The molecule has 1 aromatic rings. The highest BCUT2D eigenvalue weighted by Gasteiger charge is 2.62. The van der Waals surface area contributed by atoms with Crippen molar-refractivity contribution in [2.24, 2.45) is 11.3 Å². The number of carbonyl (C=O) groups excluding carboxylic acids is 2. The van der Waals surface area contributed by atoms with E-state index in [1.54, 1.807) is 13.8 Å². The molecular weight excluding hydrogens is 320 g/mol. The van der Waals surface area contributed by atoms with Crippen LogP contribution in [-0.2, 0) is 10.2 Å². The van der Waals surface area contributed by atoms with Gasteiger partial charge in [0.15, 0.2) is 17.3 Å². The molecule has 0 unspecified atom stereocenters. The van der Waals surface area contributed by atoms with Gasteiger partial charge in [-0.2, -0.15) is 0 Å². The Morgan fingerprint density at radius 2 is 1.72 bits per heavy atom. The lowest BCUT2D eigenvalue weighted by molar-refractivity contribution is -0.134. The number of ether oxygens (including phenoxy) is 1. The van der Waals surface area contributed by atoms with Crippen molar-refractivity contribution in [3.63, 3.8) is 0 Å². The average molecular weight is 346 g/mol. The van der Waals surface area contributed by atoms with Gasteiger partial charge < -0.3 is 14.9 Å². The Balaban J connectivity index is 2.40. The molecule has 1 saturated carbocycles. The Kier molecular flexibility index (Phi) is 3.72. The molecule has 1 fully saturated rings. The van der Waals surface area contributed by atoms with Gasteiger partial charge in [0.1, 0.15) is 11.5 Å². The number of phenols is 2. The first kappa shape index (κ1) is 17.8. The molecule has 5 nitrogen and oxygen atoms in total. The van der Waals surface area contributed by atoms with Gasteiger partial charge in [0.25, 0.3) is 0 Å². The molecule has 0 heterocycles. The monoisotopic (exact) mass is 346 g/mol. The van der Waals surface area contributed by atoms with E-state index in [9.17, 15) is 19.8 Å². The number of benzene rings is 1. The molecule has 0 bridgehead atoms. The van der Waals surface area contributed by atoms with Gasteiger partial charge >= 0.3 is 0 Å². The molecule has 0 spiro atoms. The van der Waals surface area contributed by atoms with Crippen LogP contribution < -0.4 is 4.74 Å². The van der Waals surface area contributed by atoms with Crippen molar-refractivity contribution in [1.29, 1.82) is 0 Å². The van der Waals surface area contributed by atoms with Gasteiger partial charge in [-0.3, -0.25) is 9.59 Å². The lowest BCUT2D eigenvalue weighted by Gasteiger charge is -2.45. The minimum absolute atomic E-state index is 0.0474. The second-order valence-electron chi connectivity index (χ2n) is 8.41. The third kappa shape index (κ3) is 2.01. The Morgan fingerprint density at radius 1 is 1.12 bits per heavy atom. The Morgan fingerprint density at radius 3 is 2.24 bits per heavy atom. The van der Waals surface area contributed by atoms with E-state index in [4.69, 9.17) is 4.74 Å². The fourth-order valence-corrected chi connectivity index (χ4v) is 5.09. The molecule has 2 aliphatic rings. The molecule has 0 amide bonds. The van der Waals surface area contributed by atoms with Crippen LogP contribution in [0.4, 0.5) is 0 Å². The zero-order valence-electron chi connectivity index (χ0n) is 15.7. The summed E-state index contributed by atoms with van der Waals surface area (Å²) in [5.41, 5.74) is -0.515. The first-order valence-corrected chi connectivity index (χ1v) is 8.73. The first-order valence-electron chi connectivity index (χ1n) is 8.73. The molecule has 5 heteroatoms. The van der Waals surface area contributed by atoms with E-state index in [-0.39, 0.29) is 40.3 Å². The second kappa shape index (κ2) is 5.23. The fourth-order valence-electron chi connectivity index (χ4n) is 5.09. The highest BCUT2D eigenvalue weighted by Crippen LogP contribution is 2.63. The molecule has 2 aliphatic carbocycles. The predicted octanol–water partition coefficient (Wildman–Crippen LogP) is 3.69. The summed E-state index contributed by atoms with van der Waals surface area (Å²) in [4.78, 5) is 25.7. The number of carbonyl (C=O) groups is 2. The van der Waals surface area contributed by atoms with Crippen molar-refractivity contribution in [3.05, 3.63) is 16.7 Å². The maximum absolute atomic E-state index is 13.3. The number of methoxy groups -OCH3 is 1. The minimum atomic E-state index is -0.840. The maximum atomic E-state index is 13.3. The number of rotatable bonds is 2. The summed E-state index contributed by atoms with van der Waals surface area (Å²) >= 11 is 0. The molecule has 25 heavy (non-hydrogen) atoms. The molecular formula is C20H26O5. The van der Waals surface area contributed by atoms with Crippen molar-refractivity contribution in [2.75, 3.05) is 7.11 Å². The molecule has 3 rings (SSSR count). The summed E-state index contributed by atoms with van der Waals surface area (Å²) in [6, 6.07) is 0. The van der Waals surface area contributed by atoms with Gasteiger partial charge in [-0.25, -0.2) is 0 Å². The zero-order valence-corrected chi connectivity index (χ0v) is 15.7. The normalized spacial score (nSPS) is 27.4. The van der Waals surface area contributed by atoms with E-state index < -0.39 is 16.7 Å². The van der Waals surface area contributed by atoms with Gasteiger partial charge in [0.2, 0.25) is 0 Å². The van der Waals surface area contributed by atoms with Crippen LogP contribution >= 0.6 is 0 Å². The van der Waals surface area contributed by atoms with Crippen LogP contribution in [0.15, 0.2) is 0 Å². The summed E-state index contributed by atoms with van der Waals surface area (Å²) in [5.74, 6) is -0.926. The second-order valence-corrected chi connectivity index (χ2v) is 8.41. The van der Waals surface area contributed by atoms with Gasteiger partial charge in [0.05, 0.1) is 12.7 Å². The third-order valence-corrected chi connectivity index (χ3v) is 6.25. The van der Waals surface area contributed by atoms with Gasteiger partial charge in [-0.1, -0.05) is 34.6 Å². The van der Waals surface area contributed by atoms with E-state index >= 15 is 0 Å². The number of hydrogen-bond donors (Lipinski definition) is 2. The number of fused-ring (bicyclic) bond motifs is 3. The van der Waals surface area contributed by atoms with Crippen LogP contribution in [0, 0.1) is 11.3 Å². The molecule has 2 atom stereocenters. The highest BCUT2D eigenvalue weighted by atomic mass is 16.5. The minimum Gasteiger partial charge on any atom is -0.507 e. The molecule has 2 N–H and O–H groups in total. The number of aromatic hydroxyl groups is 2. The zero-order chi connectivity index (χ0) is 18.9. The molecule has 0 aliphatic heterocycles. The molecule has 0 saturated heterocycles. The van der Waals surface area contributed by atoms with Crippen molar-refractivity contribution in [1.82, 2.24) is 0 Å². The van der Waals surface area contributed by atoms with Gasteiger partial charge in [-0.15, -0.1) is 0 Å². The third-order valence-electron chi connectivity index (χ3n) is 6.25. The SMILES string of the molecule is COc1c(O)c2c(c(O)c1C(C)C)C(=O)[C@@H]1C(C)(C)C(=O)CC[C@]21C. The van der Waals surface area contributed by atoms with E-state index in [0.29, 0.717) is 24.0 Å². The highest BCUT2D eigenvalue weighted by molar-refractivity contribution is 6.11. The lowest BCUT2D eigenvalue weighted by atomic mass is 9.56. The van der Waals surface area contributed by atoms with E-state index in [2.05, 4.69) is 0 Å². The van der Waals surface area contributed by atoms with Crippen LogP contribution in [0.3, 0.4) is 0 Å².